The second-order valence-corrected chi connectivity index (χ2v) is 3.87. The van der Waals surface area contributed by atoms with E-state index >= 15 is 0 Å². The summed E-state index contributed by atoms with van der Waals surface area (Å²) < 4.78 is 6.87. The standard InChI is InChI=1S/C13H13N3O3/c1-16-7-6-12(15-16)14-13(18)9-19-11-5-3-2-4-10(11)8-17/h2-8H,9H2,1H3,(H,14,15,18). The number of anilines is 1. The van der Waals surface area contributed by atoms with Gasteiger partial charge in [0.2, 0.25) is 0 Å². The van der Waals surface area contributed by atoms with Gasteiger partial charge in [-0.05, 0) is 12.1 Å². The van der Waals surface area contributed by atoms with E-state index in [9.17, 15) is 9.59 Å². The van der Waals surface area contributed by atoms with Crippen LogP contribution in [0.15, 0.2) is 36.5 Å². The maximum Gasteiger partial charge on any atom is 0.263 e. The van der Waals surface area contributed by atoms with Gasteiger partial charge >= 0.3 is 0 Å². The summed E-state index contributed by atoms with van der Waals surface area (Å²) in [6, 6.07) is 8.40. The Morgan fingerprint density at radius 3 is 2.89 bits per heavy atom. The lowest BCUT2D eigenvalue weighted by atomic mass is 10.2. The van der Waals surface area contributed by atoms with E-state index in [1.807, 2.05) is 0 Å². The van der Waals surface area contributed by atoms with Crippen LogP contribution < -0.4 is 10.1 Å². The Morgan fingerprint density at radius 1 is 1.42 bits per heavy atom. The number of hydrogen-bond acceptors (Lipinski definition) is 4. The van der Waals surface area contributed by atoms with Crippen LogP contribution >= 0.6 is 0 Å². The van der Waals surface area contributed by atoms with Gasteiger partial charge in [0.1, 0.15) is 5.75 Å². The molecule has 19 heavy (non-hydrogen) atoms. The molecule has 0 aliphatic rings. The molecule has 0 aliphatic heterocycles. The van der Waals surface area contributed by atoms with E-state index in [-0.39, 0.29) is 12.5 Å². The number of carbonyl (C=O) groups is 2. The van der Waals surface area contributed by atoms with Gasteiger partial charge in [0, 0.05) is 19.3 Å². The van der Waals surface area contributed by atoms with Crippen molar-refractivity contribution in [2.75, 3.05) is 11.9 Å². The maximum absolute atomic E-state index is 11.6. The topological polar surface area (TPSA) is 73.2 Å². The predicted octanol–water partition coefficient (Wildman–Crippen LogP) is 1.25. The summed E-state index contributed by atoms with van der Waals surface area (Å²) in [5, 5.41) is 6.60. The minimum Gasteiger partial charge on any atom is -0.483 e. The molecule has 0 unspecified atom stereocenters. The molecule has 1 N–H and O–H groups in total. The number of hydrogen-bond donors (Lipinski definition) is 1. The van der Waals surface area contributed by atoms with Gasteiger partial charge in [0.05, 0.1) is 5.56 Å². The van der Waals surface area contributed by atoms with E-state index in [4.69, 9.17) is 4.74 Å². The Morgan fingerprint density at radius 2 is 2.21 bits per heavy atom. The van der Waals surface area contributed by atoms with Gasteiger partial charge in [-0.15, -0.1) is 0 Å². The van der Waals surface area contributed by atoms with E-state index in [0.29, 0.717) is 23.4 Å². The van der Waals surface area contributed by atoms with E-state index < -0.39 is 0 Å². The Hall–Kier alpha value is -2.63. The van der Waals surface area contributed by atoms with E-state index in [1.54, 1.807) is 48.3 Å². The summed E-state index contributed by atoms with van der Waals surface area (Å²) in [6.07, 6.45) is 2.41. The molecule has 6 heteroatoms. The van der Waals surface area contributed by atoms with Gasteiger partial charge in [-0.25, -0.2) is 0 Å². The normalized spacial score (nSPS) is 9.95. The summed E-state index contributed by atoms with van der Waals surface area (Å²) in [5.41, 5.74) is 0.410. The number of ether oxygens (including phenoxy) is 1. The summed E-state index contributed by atoms with van der Waals surface area (Å²) in [4.78, 5) is 22.4. The SMILES string of the molecule is Cn1ccc(NC(=O)COc2ccccc2C=O)n1. The lowest BCUT2D eigenvalue weighted by Gasteiger charge is -2.07. The van der Waals surface area contributed by atoms with Gasteiger partial charge < -0.3 is 10.1 Å². The van der Waals surface area contributed by atoms with Crippen LogP contribution in [-0.4, -0.2) is 28.6 Å². The molecular formula is C13H13N3O3. The molecule has 0 radical (unpaired) electrons. The molecule has 2 rings (SSSR count). The van der Waals surface area contributed by atoms with E-state index in [2.05, 4.69) is 10.4 Å². The van der Waals surface area contributed by atoms with Crippen LogP contribution in [-0.2, 0) is 11.8 Å². The Bertz CT molecular complexity index is 592. The third kappa shape index (κ3) is 3.41. The molecule has 6 nitrogen and oxygen atoms in total. The van der Waals surface area contributed by atoms with Gasteiger partial charge in [-0.1, -0.05) is 12.1 Å². The zero-order valence-corrected chi connectivity index (χ0v) is 10.4. The average molecular weight is 259 g/mol. The molecule has 0 atom stereocenters. The fourth-order valence-electron chi connectivity index (χ4n) is 1.51. The second-order valence-electron chi connectivity index (χ2n) is 3.87. The quantitative estimate of drug-likeness (QED) is 0.820. The third-order valence-corrected chi connectivity index (χ3v) is 2.39. The highest BCUT2D eigenvalue weighted by Gasteiger charge is 2.07. The number of aromatic nitrogens is 2. The molecule has 0 aliphatic carbocycles. The molecule has 2 aromatic rings. The van der Waals surface area contributed by atoms with Gasteiger partial charge in [0.25, 0.3) is 5.91 Å². The summed E-state index contributed by atoms with van der Waals surface area (Å²) in [6.45, 7) is -0.179. The number of aldehydes is 1. The largest absolute Gasteiger partial charge is 0.483 e. The summed E-state index contributed by atoms with van der Waals surface area (Å²) in [7, 11) is 1.76. The lowest BCUT2D eigenvalue weighted by molar-refractivity contribution is -0.118. The Kier molecular flexibility index (Phi) is 3.92. The fourth-order valence-corrected chi connectivity index (χ4v) is 1.51. The smallest absolute Gasteiger partial charge is 0.263 e. The Labute approximate surface area is 110 Å². The lowest BCUT2D eigenvalue weighted by Crippen LogP contribution is -2.20. The molecule has 0 spiro atoms. The van der Waals surface area contributed by atoms with Crippen LogP contribution in [0.2, 0.25) is 0 Å². The predicted molar refractivity (Wildman–Crippen MR) is 69.2 cm³/mol. The van der Waals surface area contributed by atoms with Crippen molar-refractivity contribution >= 4 is 18.0 Å². The number of aryl methyl sites for hydroxylation is 1. The number of benzene rings is 1. The fraction of sp³-hybridized carbons (Fsp3) is 0.154. The van der Waals surface area contributed by atoms with Crippen molar-refractivity contribution in [2.24, 2.45) is 7.05 Å². The van der Waals surface area contributed by atoms with Gasteiger partial charge in [-0.2, -0.15) is 5.10 Å². The zero-order valence-electron chi connectivity index (χ0n) is 10.4. The highest BCUT2D eigenvalue weighted by atomic mass is 16.5. The second kappa shape index (κ2) is 5.81. The molecular weight excluding hydrogens is 246 g/mol. The minimum absolute atomic E-state index is 0.179. The highest BCUT2D eigenvalue weighted by Crippen LogP contribution is 2.15. The number of nitrogens with one attached hydrogen (secondary N) is 1. The van der Waals surface area contributed by atoms with Crippen LogP contribution in [0.3, 0.4) is 0 Å². The van der Waals surface area contributed by atoms with E-state index in [0.717, 1.165) is 0 Å². The summed E-state index contributed by atoms with van der Waals surface area (Å²) in [5.74, 6) is 0.507. The zero-order chi connectivity index (χ0) is 13.7. The van der Waals surface area contributed by atoms with Crippen LogP contribution in [0.1, 0.15) is 10.4 Å². The van der Waals surface area contributed by atoms with Crippen LogP contribution in [0.4, 0.5) is 5.82 Å². The van der Waals surface area contributed by atoms with Crippen molar-refractivity contribution in [1.82, 2.24) is 9.78 Å². The molecule has 0 bridgehead atoms. The number of amides is 1. The van der Waals surface area contributed by atoms with Gasteiger partial charge in [-0.3, -0.25) is 14.3 Å². The molecule has 0 fully saturated rings. The Balaban J connectivity index is 1.91. The van der Waals surface area contributed by atoms with Crippen molar-refractivity contribution in [3.63, 3.8) is 0 Å². The molecule has 1 aromatic carbocycles. The first-order chi connectivity index (χ1) is 9.19. The molecule has 1 heterocycles. The molecule has 98 valence electrons. The first-order valence-electron chi connectivity index (χ1n) is 5.65. The third-order valence-electron chi connectivity index (χ3n) is 2.39. The van der Waals surface area contributed by atoms with Crippen molar-refractivity contribution < 1.29 is 14.3 Å². The average Bonchev–Trinajstić information content (AvgIpc) is 2.82. The van der Waals surface area contributed by atoms with Crippen molar-refractivity contribution in [2.45, 2.75) is 0 Å². The molecule has 0 saturated heterocycles. The van der Waals surface area contributed by atoms with E-state index in [1.165, 1.54) is 0 Å². The molecule has 1 aromatic heterocycles. The monoisotopic (exact) mass is 259 g/mol. The van der Waals surface area contributed by atoms with Crippen molar-refractivity contribution in [1.29, 1.82) is 0 Å². The van der Waals surface area contributed by atoms with Crippen LogP contribution in [0.5, 0.6) is 5.75 Å². The number of nitrogens with zero attached hydrogens (tertiary/aromatic N) is 2. The first-order valence-corrected chi connectivity index (χ1v) is 5.65. The first kappa shape index (κ1) is 12.8. The van der Waals surface area contributed by atoms with Gasteiger partial charge in [0.15, 0.2) is 18.7 Å². The maximum atomic E-state index is 11.6. The molecule has 1 amide bonds. The molecule has 0 saturated carbocycles. The van der Waals surface area contributed by atoms with Crippen LogP contribution in [0.25, 0.3) is 0 Å². The number of para-hydroxylation sites is 1. The van der Waals surface area contributed by atoms with Crippen molar-refractivity contribution in [3.8, 4) is 5.75 Å². The minimum atomic E-state index is -0.334. The highest BCUT2D eigenvalue weighted by molar-refractivity contribution is 5.91. The summed E-state index contributed by atoms with van der Waals surface area (Å²) >= 11 is 0. The number of carbonyl (C=O) groups excluding carboxylic acids is 2. The number of rotatable bonds is 5. The van der Waals surface area contributed by atoms with Crippen LogP contribution in [0, 0.1) is 0 Å². The van der Waals surface area contributed by atoms with Crippen molar-refractivity contribution in [3.05, 3.63) is 42.1 Å².